The van der Waals surface area contributed by atoms with Gasteiger partial charge in [-0.1, -0.05) is 0 Å². The van der Waals surface area contributed by atoms with Crippen LogP contribution >= 0.6 is 0 Å². The maximum Gasteiger partial charge on any atom is 0.328 e. The van der Waals surface area contributed by atoms with E-state index in [1.807, 2.05) is 5.32 Å². The van der Waals surface area contributed by atoms with Crippen molar-refractivity contribution < 1.29 is 29.0 Å². The first-order chi connectivity index (χ1) is 8.27. The predicted octanol–water partition coefficient (Wildman–Crippen LogP) is -1.82. The van der Waals surface area contributed by atoms with E-state index in [4.69, 9.17) is 10.8 Å². The number of hydrogen-bond donors (Lipinski definition) is 4. The van der Waals surface area contributed by atoms with Crippen LogP contribution in [0.2, 0.25) is 0 Å². The first-order valence-electron chi connectivity index (χ1n) is 4.94. The predicted molar refractivity (Wildman–Crippen MR) is 58.4 cm³/mol. The Hall–Kier alpha value is -2.32. The zero-order valence-electron chi connectivity index (χ0n) is 9.93. The number of rotatable bonds is 6. The number of carbonyl (C=O) groups is 4. The van der Waals surface area contributed by atoms with Gasteiger partial charge in [0.25, 0.3) is 0 Å². The summed E-state index contributed by atoms with van der Waals surface area (Å²) in [6.07, 6.45) is -0.546. The molecule has 0 saturated heterocycles. The highest BCUT2D eigenvalue weighted by Crippen LogP contribution is 1.93. The number of ether oxygens (including phenoxy) is 1. The smallest absolute Gasteiger partial charge is 0.328 e. The van der Waals surface area contributed by atoms with Gasteiger partial charge >= 0.3 is 18.0 Å². The van der Waals surface area contributed by atoms with Gasteiger partial charge < -0.3 is 26.2 Å². The van der Waals surface area contributed by atoms with Gasteiger partial charge in [0.2, 0.25) is 5.91 Å². The number of carboxylic acids is 1. The zero-order valence-corrected chi connectivity index (χ0v) is 9.93. The summed E-state index contributed by atoms with van der Waals surface area (Å²) < 4.78 is 4.36. The van der Waals surface area contributed by atoms with Crippen LogP contribution in [0.3, 0.4) is 0 Å². The number of primary amides is 1. The minimum absolute atomic E-state index is 0.546. The highest BCUT2D eigenvalue weighted by atomic mass is 16.5. The minimum atomic E-state index is -1.45. The minimum Gasteiger partial charge on any atom is -0.480 e. The standard InChI is InChI=1S/C9H15N3O6/c1-4(8(16)18-2)11-9(17)12-5(7(14)15)3-6(10)13/h4-5H,3H2,1-2H3,(H2,10,13)(H,14,15)(H2,11,12,17). The Morgan fingerprint density at radius 1 is 1.28 bits per heavy atom. The molecule has 0 aliphatic rings. The molecular formula is C9H15N3O6. The highest BCUT2D eigenvalue weighted by Gasteiger charge is 2.24. The molecule has 0 aromatic heterocycles. The fourth-order valence-electron chi connectivity index (χ4n) is 1.03. The first kappa shape index (κ1) is 15.7. The van der Waals surface area contributed by atoms with Gasteiger partial charge in [-0.05, 0) is 6.92 Å². The summed E-state index contributed by atoms with van der Waals surface area (Å²) in [7, 11) is 1.14. The third-order valence-corrected chi connectivity index (χ3v) is 1.91. The third kappa shape index (κ3) is 5.68. The number of nitrogens with one attached hydrogen (secondary N) is 2. The van der Waals surface area contributed by atoms with Gasteiger partial charge in [-0.15, -0.1) is 0 Å². The van der Waals surface area contributed by atoms with Gasteiger partial charge in [0.15, 0.2) is 0 Å². The molecule has 0 fully saturated rings. The summed E-state index contributed by atoms with van der Waals surface area (Å²) in [6, 6.07) is -3.31. The maximum atomic E-state index is 11.3. The number of amides is 3. The Morgan fingerprint density at radius 2 is 1.83 bits per heavy atom. The molecule has 0 heterocycles. The van der Waals surface area contributed by atoms with Crippen LogP contribution in [-0.2, 0) is 19.1 Å². The lowest BCUT2D eigenvalue weighted by Gasteiger charge is -2.16. The molecule has 0 aromatic rings. The summed E-state index contributed by atoms with van der Waals surface area (Å²) in [5.74, 6) is -2.97. The second kappa shape index (κ2) is 7.09. The van der Waals surface area contributed by atoms with Gasteiger partial charge in [0, 0.05) is 0 Å². The van der Waals surface area contributed by atoms with E-state index in [9.17, 15) is 19.2 Å². The van der Waals surface area contributed by atoms with Crippen LogP contribution in [0.4, 0.5) is 4.79 Å². The lowest BCUT2D eigenvalue weighted by molar-refractivity contribution is -0.142. The Kier molecular flexibility index (Phi) is 6.18. The Balaban J connectivity index is 4.38. The molecule has 9 heteroatoms. The molecule has 0 aromatic carbocycles. The topological polar surface area (TPSA) is 148 Å². The average molecular weight is 261 g/mol. The number of esters is 1. The summed E-state index contributed by atoms with van der Waals surface area (Å²) in [6.45, 7) is 1.36. The Bertz CT molecular complexity index is 356. The van der Waals surface area contributed by atoms with Crippen molar-refractivity contribution >= 4 is 23.9 Å². The molecule has 0 bridgehead atoms. The number of nitrogens with two attached hydrogens (primary N) is 1. The zero-order chi connectivity index (χ0) is 14.3. The lowest BCUT2D eigenvalue weighted by Crippen LogP contribution is -2.51. The van der Waals surface area contributed by atoms with E-state index in [1.165, 1.54) is 6.92 Å². The molecule has 0 saturated carbocycles. The summed E-state index contributed by atoms with van der Waals surface area (Å²) in [5.41, 5.74) is 4.83. The molecule has 2 unspecified atom stereocenters. The lowest BCUT2D eigenvalue weighted by atomic mass is 10.2. The van der Waals surface area contributed by atoms with Crippen molar-refractivity contribution in [1.82, 2.24) is 10.6 Å². The SMILES string of the molecule is COC(=O)C(C)NC(=O)NC(CC(N)=O)C(=O)O. The molecule has 102 valence electrons. The monoisotopic (exact) mass is 261 g/mol. The second-order valence-corrected chi connectivity index (χ2v) is 3.42. The quantitative estimate of drug-likeness (QED) is 0.413. The Morgan fingerprint density at radius 3 is 2.22 bits per heavy atom. The number of methoxy groups -OCH3 is 1. The summed E-state index contributed by atoms with van der Waals surface area (Å²) in [5, 5.41) is 12.9. The van der Waals surface area contributed by atoms with Crippen LogP contribution < -0.4 is 16.4 Å². The molecule has 0 radical (unpaired) electrons. The fourth-order valence-corrected chi connectivity index (χ4v) is 1.03. The molecule has 0 spiro atoms. The van der Waals surface area contributed by atoms with E-state index in [-0.39, 0.29) is 0 Å². The van der Waals surface area contributed by atoms with Crippen molar-refractivity contribution in [2.24, 2.45) is 5.73 Å². The number of urea groups is 1. The molecule has 3 amide bonds. The molecule has 2 atom stereocenters. The second-order valence-electron chi connectivity index (χ2n) is 3.42. The van der Waals surface area contributed by atoms with E-state index in [2.05, 4.69) is 10.1 Å². The van der Waals surface area contributed by atoms with Crippen LogP contribution in [0.5, 0.6) is 0 Å². The van der Waals surface area contributed by atoms with E-state index >= 15 is 0 Å². The highest BCUT2D eigenvalue weighted by molar-refractivity contribution is 5.89. The van der Waals surface area contributed by atoms with Crippen LogP contribution in [0.25, 0.3) is 0 Å². The van der Waals surface area contributed by atoms with Crippen molar-refractivity contribution in [3.05, 3.63) is 0 Å². The first-order valence-corrected chi connectivity index (χ1v) is 4.94. The summed E-state index contributed by atoms with van der Waals surface area (Å²) >= 11 is 0. The van der Waals surface area contributed by atoms with E-state index < -0.39 is 42.4 Å². The van der Waals surface area contributed by atoms with Crippen molar-refractivity contribution in [2.45, 2.75) is 25.4 Å². The molecule has 18 heavy (non-hydrogen) atoms. The Labute approximate surface area is 103 Å². The van der Waals surface area contributed by atoms with E-state index in [1.54, 1.807) is 0 Å². The number of carbonyl (C=O) groups excluding carboxylic acids is 3. The van der Waals surface area contributed by atoms with Crippen LogP contribution in [-0.4, -0.2) is 48.2 Å². The number of carboxylic acid groups (broad SMARTS) is 1. The van der Waals surface area contributed by atoms with Crippen LogP contribution in [0, 0.1) is 0 Å². The van der Waals surface area contributed by atoms with Crippen molar-refractivity contribution in [3.8, 4) is 0 Å². The molecule has 9 nitrogen and oxygen atoms in total. The molecule has 0 aliphatic carbocycles. The van der Waals surface area contributed by atoms with Crippen LogP contribution in [0.1, 0.15) is 13.3 Å². The van der Waals surface area contributed by atoms with E-state index in [0.717, 1.165) is 7.11 Å². The average Bonchev–Trinajstić information content (AvgIpc) is 2.25. The van der Waals surface area contributed by atoms with Gasteiger partial charge in [0.1, 0.15) is 12.1 Å². The van der Waals surface area contributed by atoms with Gasteiger partial charge in [-0.2, -0.15) is 0 Å². The number of hydrogen-bond acceptors (Lipinski definition) is 5. The van der Waals surface area contributed by atoms with Gasteiger partial charge in [-0.3, -0.25) is 4.79 Å². The van der Waals surface area contributed by atoms with Gasteiger partial charge in [-0.25, -0.2) is 14.4 Å². The molecule has 5 N–H and O–H groups in total. The normalized spacial score (nSPS) is 13.0. The van der Waals surface area contributed by atoms with Gasteiger partial charge in [0.05, 0.1) is 13.5 Å². The maximum absolute atomic E-state index is 11.3. The summed E-state index contributed by atoms with van der Waals surface area (Å²) in [4.78, 5) is 43.6. The molecule has 0 rings (SSSR count). The van der Waals surface area contributed by atoms with Crippen LogP contribution in [0.15, 0.2) is 0 Å². The number of aliphatic carboxylic acids is 1. The van der Waals surface area contributed by atoms with Crippen molar-refractivity contribution in [1.29, 1.82) is 0 Å². The third-order valence-electron chi connectivity index (χ3n) is 1.91. The largest absolute Gasteiger partial charge is 0.480 e. The molecule has 0 aliphatic heterocycles. The molecular weight excluding hydrogens is 246 g/mol. The fraction of sp³-hybridized carbons (Fsp3) is 0.556. The van der Waals surface area contributed by atoms with Crippen molar-refractivity contribution in [2.75, 3.05) is 7.11 Å². The van der Waals surface area contributed by atoms with E-state index in [0.29, 0.717) is 0 Å². The van der Waals surface area contributed by atoms with Crippen molar-refractivity contribution in [3.63, 3.8) is 0 Å².